The molecular formula is C18H23NOS. The van der Waals surface area contributed by atoms with Gasteiger partial charge in [-0.25, -0.2) is 0 Å². The lowest BCUT2D eigenvalue weighted by molar-refractivity contribution is 0.243. The van der Waals surface area contributed by atoms with Crippen LogP contribution in [0.1, 0.15) is 32.4 Å². The molecule has 1 atom stereocenters. The summed E-state index contributed by atoms with van der Waals surface area (Å²) < 4.78 is 5.85. The second-order valence-corrected chi connectivity index (χ2v) is 6.18. The summed E-state index contributed by atoms with van der Waals surface area (Å²) in [7, 11) is 0. The van der Waals surface area contributed by atoms with Gasteiger partial charge in [-0.1, -0.05) is 24.3 Å². The maximum Gasteiger partial charge on any atom is 0.142 e. The first-order valence-electron chi connectivity index (χ1n) is 7.26. The lowest BCUT2D eigenvalue weighted by Gasteiger charge is -2.20. The zero-order valence-corrected chi connectivity index (χ0v) is 13.9. The molecule has 2 aromatic rings. The van der Waals surface area contributed by atoms with E-state index in [4.69, 9.17) is 4.74 Å². The van der Waals surface area contributed by atoms with Gasteiger partial charge in [0, 0.05) is 10.9 Å². The van der Waals surface area contributed by atoms with E-state index in [2.05, 4.69) is 48.8 Å². The Labute approximate surface area is 131 Å². The standard InChI is InChI=1S/C18H23NOS/c1-13(2)20-18-8-6-5-7-17(18)19-14(3)15-9-11-16(21-4)12-10-15/h5-14,19H,1-4H3. The summed E-state index contributed by atoms with van der Waals surface area (Å²) in [6.45, 7) is 6.25. The predicted octanol–water partition coefficient (Wildman–Crippen LogP) is 5.37. The molecule has 2 nitrogen and oxygen atoms in total. The molecule has 0 aliphatic heterocycles. The van der Waals surface area contributed by atoms with Crippen molar-refractivity contribution in [1.29, 1.82) is 0 Å². The van der Waals surface area contributed by atoms with Crippen molar-refractivity contribution < 1.29 is 4.74 Å². The third-order valence-electron chi connectivity index (χ3n) is 3.24. The molecule has 1 N–H and O–H groups in total. The van der Waals surface area contributed by atoms with Crippen molar-refractivity contribution in [1.82, 2.24) is 0 Å². The van der Waals surface area contributed by atoms with E-state index >= 15 is 0 Å². The van der Waals surface area contributed by atoms with Crippen LogP contribution >= 0.6 is 11.8 Å². The molecule has 0 saturated heterocycles. The molecule has 0 aliphatic carbocycles. The molecule has 2 aromatic carbocycles. The van der Waals surface area contributed by atoms with Crippen LogP contribution in [-0.4, -0.2) is 12.4 Å². The first-order valence-corrected chi connectivity index (χ1v) is 8.49. The number of anilines is 1. The van der Waals surface area contributed by atoms with Crippen molar-refractivity contribution in [2.75, 3.05) is 11.6 Å². The number of ether oxygens (including phenoxy) is 1. The zero-order chi connectivity index (χ0) is 15.2. The lowest BCUT2D eigenvalue weighted by atomic mass is 10.1. The van der Waals surface area contributed by atoms with Gasteiger partial charge in [0.1, 0.15) is 5.75 Å². The van der Waals surface area contributed by atoms with Gasteiger partial charge in [-0.15, -0.1) is 11.8 Å². The maximum absolute atomic E-state index is 5.85. The molecule has 0 radical (unpaired) electrons. The summed E-state index contributed by atoms with van der Waals surface area (Å²) in [5.41, 5.74) is 2.31. The number of hydrogen-bond acceptors (Lipinski definition) is 3. The quantitative estimate of drug-likeness (QED) is 0.725. The van der Waals surface area contributed by atoms with Gasteiger partial charge in [0.2, 0.25) is 0 Å². The number of rotatable bonds is 6. The van der Waals surface area contributed by atoms with E-state index in [-0.39, 0.29) is 12.1 Å². The molecule has 0 heterocycles. The number of benzene rings is 2. The van der Waals surface area contributed by atoms with E-state index in [1.807, 2.05) is 32.0 Å². The molecule has 0 saturated carbocycles. The fourth-order valence-electron chi connectivity index (χ4n) is 2.15. The van der Waals surface area contributed by atoms with Crippen molar-refractivity contribution in [3.8, 4) is 5.75 Å². The van der Waals surface area contributed by atoms with Gasteiger partial charge >= 0.3 is 0 Å². The van der Waals surface area contributed by atoms with Crippen LogP contribution in [0, 0.1) is 0 Å². The average Bonchev–Trinajstić information content (AvgIpc) is 2.49. The molecule has 0 spiro atoms. The maximum atomic E-state index is 5.85. The van der Waals surface area contributed by atoms with Crippen LogP contribution in [0.25, 0.3) is 0 Å². The molecule has 1 unspecified atom stereocenters. The number of para-hydroxylation sites is 2. The molecule has 3 heteroatoms. The third-order valence-corrected chi connectivity index (χ3v) is 3.98. The van der Waals surface area contributed by atoms with Crippen molar-refractivity contribution in [2.45, 2.75) is 37.8 Å². The van der Waals surface area contributed by atoms with Gasteiger partial charge in [0.15, 0.2) is 0 Å². The minimum absolute atomic E-state index is 0.170. The van der Waals surface area contributed by atoms with Gasteiger partial charge in [0.25, 0.3) is 0 Å². The van der Waals surface area contributed by atoms with Crippen LogP contribution in [0.5, 0.6) is 5.75 Å². The van der Waals surface area contributed by atoms with Crippen LogP contribution in [0.2, 0.25) is 0 Å². The van der Waals surface area contributed by atoms with Crippen molar-refractivity contribution in [3.63, 3.8) is 0 Å². The van der Waals surface area contributed by atoms with Crippen LogP contribution in [0.15, 0.2) is 53.4 Å². The summed E-state index contributed by atoms with van der Waals surface area (Å²) in [6.07, 6.45) is 2.26. The third kappa shape index (κ3) is 4.43. The molecule has 0 bridgehead atoms. The van der Waals surface area contributed by atoms with E-state index in [0.29, 0.717) is 0 Å². The molecule has 0 fully saturated rings. The second kappa shape index (κ2) is 7.41. The van der Waals surface area contributed by atoms with E-state index < -0.39 is 0 Å². The monoisotopic (exact) mass is 301 g/mol. The molecule has 0 aliphatic rings. The SMILES string of the molecule is CSc1ccc(C(C)Nc2ccccc2OC(C)C)cc1. The molecule has 0 amide bonds. The molecular weight excluding hydrogens is 278 g/mol. The number of thioether (sulfide) groups is 1. The van der Waals surface area contributed by atoms with Gasteiger partial charge in [-0.3, -0.25) is 0 Å². The van der Waals surface area contributed by atoms with Crippen molar-refractivity contribution in [2.24, 2.45) is 0 Å². The highest BCUT2D eigenvalue weighted by Gasteiger charge is 2.10. The topological polar surface area (TPSA) is 21.3 Å². The zero-order valence-electron chi connectivity index (χ0n) is 13.1. The predicted molar refractivity (Wildman–Crippen MR) is 92.5 cm³/mol. The van der Waals surface area contributed by atoms with Crippen LogP contribution in [0.3, 0.4) is 0 Å². The fourth-order valence-corrected chi connectivity index (χ4v) is 2.56. The van der Waals surface area contributed by atoms with E-state index in [1.165, 1.54) is 10.5 Å². The first kappa shape index (κ1) is 15.8. The largest absolute Gasteiger partial charge is 0.489 e. The van der Waals surface area contributed by atoms with E-state index in [1.54, 1.807) is 11.8 Å². The first-order chi connectivity index (χ1) is 10.1. The van der Waals surface area contributed by atoms with Crippen molar-refractivity contribution in [3.05, 3.63) is 54.1 Å². The van der Waals surface area contributed by atoms with Gasteiger partial charge in [-0.05, 0) is 56.9 Å². The fraction of sp³-hybridized carbons (Fsp3) is 0.333. The molecule has 0 aromatic heterocycles. The molecule has 21 heavy (non-hydrogen) atoms. The summed E-state index contributed by atoms with van der Waals surface area (Å²) in [5, 5.41) is 3.54. The van der Waals surface area contributed by atoms with E-state index in [0.717, 1.165) is 11.4 Å². The van der Waals surface area contributed by atoms with Gasteiger partial charge in [-0.2, -0.15) is 0 Å². The Hall–Kier alpha value is -1.61. The highest BCUT2D eigenvalue weighted by molar-refractivity contribution is 7.98. The normalized spacial score (nSPS) is 12.2. The van der Waals surface area contributed by atoms with Crippen LogP contribution in [-0.2, 0) is 0 Å². The second-order valence-electron chi connectivity index (χ2n) is 5.30. The highest BCUT2D eigenvalue weighted by Crippen LogP contribution is 2.29. The Bertz CT molecular complexity index is 566. The minimum atomic E-state index is 0.170. The number of hydrogen-bond donors (Lipinski definition) is 1. The van der Waals surface area contributed by atoms with Crippen LogP contribution < -0.4 is 10.1 Å². The Balaban J connectivity index is 2.13. The Kier molecular flexibility index (Phi) is 5.57. The summed E-state index contributed by atoms with van der Waals surface area (Å²) in [4.78, 5) is 1.29. The highest BCUT2D eigenvalue weighted by atomic mass is 32.2. The smallest absolute Gasteiger partial charge is 0.142 e. The van der Waals surface area contributed by atoms with Gasteiger partial charge in [0.05, 0.1) is 11.8 Å². The number of nitrogens with one attached hydrogen (secondary N) is 1. The molecule has 112 valence electrons. The molecule has 2 rings (SSSR count). The summed E-state index contributed by atoms with van der Waals surface area (Å²) in [5.74, 6) is 0.903. The Morgan fingerprint density at radius 3 is 2.24 bits per heavy atom. The lowest BCUT2D eigenvalue weighted by Crippen LogP contribution is -2.11. The van der Waals surface area contributed by atoms with Crippen LogP contribution in [0.4, 0.5) is 5.69 Å². The summed E-state index contributed by atoms with van der Waals surface area (Å²) >= 11 is 1.76. The minimum Gasteiger partial charge on any atom is -0.489 e. The van der Waals surface area contributed by atoms with Gasteiger partial charge < -0.3 is 10.1 Å². The summed E-state index contributed by atoms with van der Waals surface area (Å²) in [6, 6.07) is 17.0. The Morgan fingerprint density at radius 2 is 1.62 bits per heavy atom. The van der Waals surface area contributed by atoms with E-state index in [9.17, 15) is 0 Å². The average molecular weight is 301 g/mol. The van der Waals surface area contributed by atoms with Crippen molar-refractivity contribution >= 4 is 17.4 Å². The Morgan fingerprint density at radius 1 is 0.952 bits per heavy atom.